The van der Waals surface area contributed by atoms with Crippen LogP contribution in [0.1, 0.15) is 80.4 Å². The fraction of sp³-hybridized carbons (Fsp3) is 0.349. The Labute approximate surface area is 828 Å². The van der Waals surface area contributed by atoms with Gasteiger partial charge >= 0.3 is 6.18 Å². The van der Waals surface area contributed by atoms with Crippen molar-refractivity contribution >= 4 is 44.3 Å². The summed E-state index contributed by atoms with van der Waals surface area (Å²) in [5.41, 5.74) is 12.4. The van der Waals surface area contributed by atoms with E-state index in [1.54, 1.807) is 75.7 Å². The van der Waals surface area contributed by atoms with Crippen molar-refractivity contribution in [2.24, 2.45) is 5.92 Å². The summed E-state index contributed by atoms with van der Waals surface area (Å²) < 4.78 is 91.2. The number of pyridine rings is 3. The number of terminal acetylenes is 2. The van der Waals surface area contributed by atoms with Crippen LogP contribution in [0.25, 0.3) is 108 Å². The highest BCUT2D eigenvalue weighted by atomic mass is 32.2. The molecule has 29 nitrogen and oxygen atoms in total. The van der Waals surface area contributed by atoms with Crippen molar-refractivity contribution in [2.75, 3.05) is 149 Å². The molecule has 4 unspecified atom stereocenters. The smallest absolute Gasteiger partial charge is 0.433 e. The molecule has 8 heterocycles. The van der Waals surface area contributed by atoms with Crippen molar-refractivity contribution in [3.8, 4) is 138 Å². The van der Waals surface area contributed by atoms with Crippen LogP contribution in [0.15, 0.2) is 224 Å². The van der Waals surface area contributed by atoms with Crippen LogP contribution < -0.4 is 54.9 Å². The first kappa shape index (κ1) is 106. The zero-order valence-corrected chi connectivity index (χ0v) is 82.0. The van der Waals surface area contributed by atoms with Gasteiger partial charge < -0.3 is 80.1 Å². The number of hydrogen-bond acceptors (Lipinski definition) is 29. The van der Waals surface area contributed by atoms with Crippen LogP contribution in [-0.2, 0) is 33.6 Å². The second-order valence-corrected chi connectivity index (χ2v) is 37.0. The average Bonchev–Trinajstić information content (AvgIpc) is 0.831. The molecule has 1 saturated heterocycles. The number of ether oxygens (including phenoxy) is 5. The molecule has 33 heteroatoms. The highest BCUT2D eigenvalue weighted by Crippen LogP contribution is 2.38. The molecule has 3 aliphatic rings. The lowest BCUT2D eigenvalue weighted by atomic mass is 9.86. The Kier molecular flexibility index (Phi) is 38.7. The molecule has 0 amide bonds. The maximum Gasteiger partial charge on any atom is 0.433 e. The number of sulfone groups is 1. The zero-order valence-electron chi connectivity index (χ0n) is 81.2. The largest absolute Gasteiger partial charge is 0.491 e. The number of anilines is 3. The third kappa shape index (κ3) is 30.6. The Morgan fingerprint density at radius 1 is 0.479 bits per heavy atom. The fourth-order valence-electron chi connectivity index (χ4n) is 16.2. The molecule has 4 atom stereocenters. The van der Waals surface area contributed by atoms with E-state index in [2.05, 4.69) is 112 Å². The zero-order chi connectivity index (χ0) is 100. The molecule has 13 aromatic rings. The average molecular weight is 1950 g/mol. The van der Waals surface area contributed by atoms with Crippen LogP contribution >= 0.6 is 0 Å². The third-order valence-electron chi connectivity index (χ3n) is 23.9. The number of aliphatic hydroxyl groups is 4. The van der Waals surface area contributed by atoms with Gasteiger partial charge in [-0.15, -0.1) is 24.7 Å². The van der Waals surface area contributed by atoms with Gasteiger partial charge in [0.05, 0.1) is 38.9 Å². The molecule has 1 aliphatic heterocycles. The fourth-order valence-corrected chi connectivity index (χ4v) is 16.9. The first-order valence-electron chi connectivity index (χ1n) is 47.4. The summed E-state index contributed by atoms with van der Waals surface area (Å²) in [5.74, 6) is 12.6. The van der Waals surface area contributed by atoms with E-state index in [1.807, 2.05) is 140 Å². The van der Waals surface area contributed by atoms with Gasteiger partial charge in [0.25, 0.3) is 0 Å². The number of fused-ring (bicyclic) bond motifs is 2. The van der Waals surface area contributed by atoms with E-state index in [-0.39, 0.29) is 31.3 Å². The number of rotatable bonds is 39. The van der Waals surface area contributed by atoms with Crippen LogP contribution in [0.3, 0.4) is 0 Å². The summed E-state index contributed by atoms with van der Waals surface area (Å²) in [6, 6.07) is 59.3. The number of nitrogens with zero attached hydrogens (tertiary/aromatic N) is 14. The number of halogens is 3. The number of aromatic nitrogens is 11. The number of aliphatic hydroxyl groups excluding tert-OH is 4. The molecule has 7 aromatic heterocycles. The van der Waals surface area contributed by atoms with Crippen molar-refractivity contribution in [3.05, 3.63) is 241 Å². The lowest BCUT2D eigenvalue weighted by molar-refractivity contribution is -0.141. The minimum absolute atomic E-state index is 0.0997. The molecule has 2 fully saturated rings. The van der Waals surface area contributed by atoms with E-state index in [4.69, 9.17) is 66.4 Å². The summed E-state index contributed by atoms with van der Waals surface area (Å²) >= 11 is 0. The quantitative estimate of drug-likeness (QED) is 0.0166. The predicted octanol–water partition coefficient (Wildman–Crippen LogP) is 15.1. The summed E-state index contributed by atoms with van der Waals surface area (Å²) in [4.78, 5) is 57.7. The lowest BCUT2D eigenvalue weighted by Gasteiger charge is -2.32. The van der Waals surface area contributed by atoms with E-state index in [0.29, 0.717) is 145 Å². The second-order valence-electron chi connectivity index (χ2n) is 35.0. The molecular formula is C109H123F3N18O11S. The molecule has 1 saturated carbocycles. The number of likely N-dealkylation sites (N-methyl/N-ethyl adjacent to an activating group) is 4. The van der Waals surface area contributed by atoms with Gasteiger partial charge in [-0.25, -0.2) is 48.3 Å². The molecule has 8 N–H and O–H groups in total. The van der Waals surface area contributed by atoms with Crippen molar-refractivity contribution < 1.29 is 65.7 Å². The minimum atomic E-state index is -4.53. The van der Waals surface area contributed by atoms with Crippen LogP contribution in [0.2, 0.25) is 0 Å². The van der Waals surface area contributed by atoms with E-state index in [0.717, 1.165) is 130 Å². The van der Waals surface area contributed by atoms with E-state index in [1.165, 1.54) is 44.4 Å². The van der Waals surface area contributed by atoms with Crippen LogP contribution in [0, 0.1) is 30.6 Å². The molecule has 16 rings (SSSR count). The van der Waals surface area contributed by atoms with E-state index in [9.17, 15) is 42.0 Å². The molecule has 0 bridgehead atoms. The molecule has 2 aliphatic carbocycles. The maximum absolute atomic E-state index is 12.9. The second kappa shape index (κ2) is 52.1. The Balaban J connectivity index is 0.000000159. The first-order chi connectivity index (χ1) is 68.7. The van der Waals surface area contributed by atoms with Crippen LogP contribution in [-0.4, -0.2) is 249 Å². The van der Waals surface area contributed by atoms with Crippen LogP contribution in [0.4, 0.5) is 30.6 Å². The monoisotopic (exact) mass is 1950 g/mol. The number of alkyl halides is 3. The Bertz CT molecular complexity index is 6540. The molecule has 742 valence electrons. The summed E-state index contributed by atoms with van der Waals surface area (Å²) in [5, 5.41) is 52.6. The van der Waals surface area contributed by atoms with E-state index < -0.39 is 46.1 Å². The third-order valence-corrected chi connectivity index (χ3v) is 25.0. The van der Waals surface area contributed by atoms with Gasteiger partial charge in [-0.1, -0.05) is 123 Å². The first-order valence-corrected chi connectivity index (χ1v) is 49.3. The topological polar surface area (TPSA) is 361 Å². The molecule has 142 heavy (non-hydrogen) atoms. The van der Waals surface area contributed by atoms with Gasteiger partial charge in [-0.05, 0) is 156 Å². The Morgan fingerprint density at radius 2 is 0.930 bits per heavy atom. The number of hydrogen-bond donors (Lipinski definition) is 8. The number of allylic oxidation sites excluding steroid dienone is 1. The normalized spacial score (nSPS) is 13.9. The number of nitrogens with one attached hydrogen (secondary N) is 4. The van der Waals surface area contributed by atoms with Gasteiger partial charge in [0.15, 0.2) is 33.1 Å². The molecule has 0 spiro atoms. The summed E-state index contributed by atoms with van der Waals surface area (Å²) in [6.07, 6.45) is 25.5. The van der Waals surface area contributed by atoms with Gasteiger partial charge in [-0.2, -0.15) is 13.2 Å². The van der Waals surface area contributed by atoms with Crippen molar-refractivity contribution in [3.63, 3.8) is 0 Å². The molecule has 6 aromatic carbocycles. The Morgan fingerprint density at radius 3 is 1.40 bits per heavy atom. The van der Waals surface area contributed by atoms with Gasteiger partial charge in [-0.3, -0.25) is 15.0 Å². The summed E-state index contributed by atoms with van der Waals surface area (Å²) in [6.45, 7) is 5.12. The standard InChI is InChI=1S/C30H34N4O2.C28H33N5O3.C26H30N4O4S.C25H26F3N5O2/c1-31-19-24(35)20-36-25-11-5-10-22(17-25)30-33-23(16-21-8-3-2-4-9-21)18-29(34-30)27-12-6-14-28-26(27)13-7-15-32-28;1-29-17-23(34)18-36-24-7-3-6-20(14-24)28-31-26(21-13-19-5-4-8-25(19)30-16-21)15-27(32-28)33(2)22-9-11-35-12-10-22;1-5-6-14-30(3)25-16-24(19-10-12-23(13-11-19)35(4,32)33)28-26(29-25)20-8-7-9-22(15-20)34-18-21(31)17-27-2;1-4-5-11-33(3)23-13-21(18-9-10-22(30-14-18)25(26,27)28)31-24(32-23)17-7-6-8-20(12-17)35-16-19(34)15-29-2/h5-7,10-15,17-18,21,24,31,35H,2-4,8-9,16,19-20H2,1H3;3-7,13-16,22-23,29,34H,8-12,17-18H2,1-2H3;1,7-13,15-16,21,27,31H,6,14,17-18H2,2-4H3;1,6-10,12-14,19,29,34H,5,11,15-16H2,2-3H3. The molecular weight excluding hydrogens is 1830 g/mol. The number of benzene rings is 6. The Hall–Kier alpha value is -13.8. The van der Waals surface area contributed by atoms with Crippen molar-refractivity contribution in [2.45, 2.75) is 112 Å². The SMILES string of the molecule is C#CCCN(C)c1cc(-c2ccc(C(F)(F)F)nc2)nc(-c2cccc(OCC(O)CNC)c2)n1.C#CCCN(C)c1cc(-c2ccc(S(C)(=O)=O)cc2)nc(-c2cccc(OCC(O)CNC)c2)n1.CNCC(O)COc1cccc(-c2nc(-c3cnc4c(c3)C=CC4)cc(N(C)C3CCOCC3)n2)c1.CNCC(O)COc1cccc(-c2nc(CC3CCCCC3)cc(-c3cccc4ncccc34)n2)c1. The highest BCUT2D eigenvalue weighted by Gasteiger charge is 2.33. The van der Waals surface area contributed by atoms with Crippen LogP contribution in [0.5, 0.6) is 23.0 Å². The summed E-state index contributed by atoms with van der Waals surface area (Å²) in [7, 11) is 9.63. The van der Waals surface area contributed by atoms with Crippen molar-refractivity contribution in [1.82, 2.24) is 76.1 Å². The van der Waals surface area contributed by atoms with Gasteiger partial charge in [0, 0.05) is 198 Å². The van der Waals surface area contributed by atoms with Gasteiger partial charge in [0.2, 0.25) is 0 Å². The predicted molar refractivity (Wildman–Crippen MR) is 551 cm³/mol. The van der Waals surface area contributed by atoms with Gasteiger partial charge in [0.1, 0.15) is 97.0 Å². The minimum Gasteiger partial charge on any atom is -0.491 e. The highest BCUT2D eigenvalue weighted by molar-refractivity contribution is 7.90. The lowest BCUT2D eigenvalue weighted by Crippen LogP contribution is -2.37. The molecule has 0 radical (unpaired) electrons. The van der Waals surface area contributed by atoms with E-state index >= 15 is 0 Å². The van der Waals surface area contributed by atoms with Crippen molar-refractivity contribution in [1.29, 1.82) is 0 Å². The maximum atomic E-state index is 12.9.